The van der Waals surface area contributed by atoms with E-state index in [1.54, 1.807) is 0 Å². The van der Waals surface area contributed by atoms with Crippen LogP contribution < -0.4 is 10.6 Å². The van der Waals surface area contributed by atoms with E-state index in [1.165, 1.54) is 6.33 Å². The van der Waals surface area contributed by atoms with Crippen molar-refractivity contribution in [2.75, 3.05) is 10.6 Å². The largest absolute Gasteiger partial charge is 0.358 e. The van der Waals surface area contributed by atoms with Crippen LogP contribution >= 0.6 is 22.6 Å². The third-order valence-corrected chi connectivity index (χ3v) is 4.48. The highest BCUT2D eigenvalue weighted by Gasteiger charge is 2.24. The van der Waals surface area contributed by atoms with Crippen LogP contribution in [0, 0.1) is 13.7 Å². The molecule has 0 fully saturated rings. The zero-order chi connectivity index (χ0) is 18.5. The Hall–Kier alpha value is -2.75. The van der Waals surface area contributed by atoms with E-state index in [4.69, 9.17) is 0 Å². The molecule has 8 heteroatoms. The number of halogens is 1. The van der Waals surface area contributed by atoms with Gasteiger partial charge in [0.15, 0.2) is 0 Å². The number of hydrogen-bond donors (Lipinski definition) is 2. The fraction of sp³-hybridized carbons (Fsp3) is 0.111. The van der Waals surface area contributed by atoms with Gasteiger partial charge in [0.1, 0.15) is 6.33 Å². The first-order chi connectivity index (χ1) is 12.5. The minimum Gasteiger partial charge on any atom is -0.358 e. The molecule has 26 heavy (non-hydrogen) atoms. The second-order valence-electron chi connectivity index (χ2n) is 5.59. The molecule has 1 heterocycles. The summed E-state index contributed by atoms with van der Waals surface area (Å²) in [5.41, 5.74) is 1.54. The van der Waals surface area contributed by atoms with Gasteiger partial charge in [-0.1, -0.05) is 30.3 Å². The van der Waals surface area contributed by atoms with Gasteiger partial charge in [0.05, 0.1) is 11.0 Å². The van der Waals surface area contributed by atoms with E-state index in [-0.39, 0.29) is 23.4 Å². The Bertz CT molecular complexity index is 903. The lowest BCUT2D eigenvalue weighted by Crippen LogP contribution is -2.11. The van der Waals surface area contributed by atoms with Crippen LogP contribution in [-0.2, 0) is 0 Å². The lowest BCUT2D eigenvalue weighted by Gasteiger charge is -2.15. The van der Waals surface area contributed by atoms with Gasteiger partial charge in [0.25, 0.3) is 0 Å². The second-order valence-corrected chi connectivity index (χ2v) is 6.83. The van der Waals surface area contributed by atoms with Crippen molar-refractivity contribution in [3.8, 4) is 0 Å². The third kappa shape index (κ3) is 4.26. The summed E-state index contributed by atoms with van der Waals surface area (Å²) < 4.78 is 1.07. The van der Waals surface area contributed by atoms with Crippen molar-refractivity contribution in [2.24, 2.45) is 0 Å². The fourth-order valence-corrected chi connectivity index (χ4v) is 2.81. The molecule has 0 aliphatic rings. The van der Waals surface area contributed by atoms with Gasteiger partial charge in [0.2, 0.25) is 11.6 Å². The smallest absolute Gasteiger partial charge is 0.353 e. The highest BCUT2D eigenvalue weighted by atomic mass is 127. The van der Waals surface area contributed by atoms with Gasteiger partial charge < -0.3 is 10.6 Å². The molecule has 2 aromatic carbocycles. The van der Waals surface area contributed by atoms with E-state index < -0.39 is 4.92 Å². The van der Waals surface area contributed by atoms with Gasteiger partial charge in [-0.25, -0.2) is 9.97 Å². The Morgan fingerprint density at radius 3 is 2.35 bits per heavy atom. The Kier molecular flexibility index (Phi) is 5.61. The van der Waals surface area contributed by atoms with Crippen molar-refractivity contribution in [2.45, 2.75) is 13.0 Å². The lowest BCUT2D eigenvalue weighted by molar-refractivity contribution is -0.383. The van der Waals surface area contributed by atoms with Gasteiger partial charge in [-0.05, 0) is 59.3 Å². The first-order valence-electron chi connectivity index (χ1n) is 7.88. The molecular weight excluding hydrogens is 445 g/mol. The molecule has 132 valence electrons. The molecule has 1 unspecified atom stereocenters. The summed E-state index contributed by atoms with van der Waals surface area (Å²) in [5, 5.41) is 17.8. The van der Waals surface area contributed by atoms with E-state index in [2.05, 4.69) is 43.2 Å². The molecule has 3 rings (SSSR count). The highest BCUT2D eigenvalue weighted by Crippen LogP contribution is 2.33. The second kappa shape index (κ2) is 8.09. The maximum Gasteiger partial charge on any atom is 0.353 e. The molecule has 0 aliphatic carbocycles. The van der Waals surface area contributed by atoms with E-state index in [9.17, 15) is 10.1 Å². The van der Waals surface area contributed by atoms with Crippen molar-refractivity contribution in [1.29, 1.82) is 0 Å². The lowest BCUT2D eigenvalue weighted by atomic mass is 10.1. The standard InChI is InChI=1S/C18H16IN5O2/c1-12(13-5-3-2-4-6-13)22-17-16(24(25)26)18(21-11-20-17)23-15-9-7-14(19)8-10-15/h2-12H,1H3,(H2,20,21,22,23). The summed E-state index contributed by atoms with van der Waals surface area (Å²) >= 11 is 2.20. The van der Waals surface area contributed by atoms with Gasteiger partial charge in [-0.2, -0.15) is 0 Å². The summed E-state index contributed by atoms with van der Waals surface area (Å²) in [6, 6.07) is 17.0. The molecule has 0 bridgehead atoms. The minimum atomic E-state index is -0.477. The number of hydrogen-bond acceptors (Lipinski definition) is 6. The average molecular weight is 461 g/mol. The number of rotatable bonds is 6. The average Bonchev–Trinajstić information content (AvgIpc) is 2.64. The van der Waals surface area contributed by atoms with Gasteiger partial charge in [-0.3, -0.25) is 10.1 Å². The Morgan fingerprint density at radius 1 is 1.04 bits per heavy atom. The number of aromatic nitrogens is 2. The van der Waals surface area contributed by atoms with Crippen LogP contribution in [0.25, 0.3) is 0 Å². The van der Waals surface area contributed by atoms with Gasteiger partial charge in [-0.15, -0.1) is 0 Å². The molecular formula is C18H16IN5O2. The van der Waals surface area contributed by atoms with Crippen LogP contribution in [0.4, 0.5) is 23.0 Å². The zero-order valence-electron chi connectivity index (χ0n) is 13.9. The first-order valence-corrected chi connectivity index (χ1v) is 8.96. The predicted octanol–water partition coefficient (Wildman–Crippen LogP) is 4.91. The topological polar surface area (TPSA) is 93.0 Å². The summed E-state index contributed by atoms with van der Waals surface area (Å²) in [7, 11) is 0. The Balaban J connectivity index is 1.91. The van der Waals surface area contributed by atoms with E-state index in [0.29, 0.717) is 5.69 Å². The van der Waals surface area contributed by atoms with E-state index >= 15 is 0 Å². The van der Waals surface area contributed by atoms with Crippen molar-refractivity contribution in [1.82, 2.24) is 9.97 Å². The maximum absolute atomic E-state index is 11.6. The molecule has 7 nitrogen and oxygen atoms in total. The molecule has 2 N–H and O–H groups in total. The zero-order valence-corrected chi connectivity index (χ0v) is 16.0. The molecule has 0 saturated heterocycles. The molecule has 0 aliphatic heterocycles. The van der Waals surface area contributed by atoms with Crippen LogP contribution in [-0.4, -0.2) is 14.9 Å². The van der Waals surface area contributed by atoms with E-state index in [0.717, 1.165) is 9.13 Å². The molecule has 3 aromatic rings. The SMILES string of the molecule is CC(Nc1ncnc(Nc2ccc(I)cc2)c1[N+](=O)[O-])c1ccccc1. The predicted molar refractivity (Wildman–Crippen MR) is 110 cm³/mol. The van der Waals surface area contributed by atoms with Crippen LogP contribution in [0.5, 0.6) is 0 Å². The van der Waals surface area contributed by atoms with Crippen LogP contribution in [0.15, 0.2) is 60.9 Å². The quantitative estimate of drug-likeness (QED) is 0.308. The van der Waals surface area contributed by atoms with E-state index in [1.807, 2.05) is 61.5 Å². The number of nitrogens with zero attached hydrogens (tertiary/aromatic N) is 3. The van der Waals surface area contributed by atoms with Crippen molar-refractivity contribution in [3.63, 3.8) is 0 Å². The molecule has 1 aromatic heterocycles. The van der Waals surface area contributed by atoms with Crippen molar-refractivity contribution >= 4 is 45.6 Å². The van der Waals surface area contributed by atoms with Crippen LogP contribution in [0.3, 0.4) is 0 Å². The number of benzene rings is 2. The fourth-order valence-electron chi connectivity index (χ4n) is 2.45. The molecule has 0 saturated carbocycles. The molecule has 0 radical (unpaired) electrons. The molecule has 0 spiro atoms. The van der Waals surface area contributed by atoms with Gasteiger partial charge >= 0.3 is 5.69 Å². The molecule has 1 atom stereocenters. The minimum absolute atomic E-state index is 0.143. The summed E-state index contributed by atoms with van der Waals surface area (Å²) in [4.78, 5) is 19.3. The van der Waals surface area contributed by atoms with Crippen LogP contribution in [0.1, 0.15) is 18.5 Å². The third-order valence-electron chi connectivity index (χ3n) is 3.76. The molecule has 0 amide bonds. The first kappa shape index (κ1) is 18.1. The summed E-state index contributed by atoms with van der Waals surface area (Å²) in [6.45, 7) is 1.92. The number of nitrogens with one attached hydrogen (secondary N) is 2. The Morgan fingerprint density at radius 2 is 1.69 bits per heavy atom. The summed E-state index contributed by atoms with van der Waals surface area (Å²) in [6.07, 6.45) is 1.31. The van der Waals surface area contributed by atoms with Crippen LogP contribution in [0.2, 0.25) is 0 Å². The summed E-state index contributed by atoms with van der Waals surface area (Å²) in [5.74, 6) is 0.323. The van der Waals surface area contributed by atoms with Gasteiger partial charge in [0, 0.05) is 9.26 Å². The van der Waals surface area contributed by atoms with Crippen molar-refractivity contribution in [3.05, 3.63) is 80.2 Å². The maximum atomic E-state index is 11.6. The number of nitro groups is 1. The van der Waals surface area contributed by atoms with Crippen molar-refractivity contribution < 1.29 is 4.92 Å². The normalized spacial score (nSPS) is 11.6. The highest BCUT2D eigenvalue weighted by molar-refractivity contribution is 14.1. The monoisotopic (exact) mass is 461 g/mol. The Labute approximate surface area is 164 Å². The number of anilines is 3.